The maximum Gasteiger partial charge on any atom is 0.345 e. The van der Waals surface area contributed by atoms with Crippen LogP contribution in [0.2, 0.25) is 0 Å². The molecule has 0 unspecified atom stereocenters. The Kier molecular flexibility index (Phi) is 6.46. The van der Waals surface area contributed by atoms with E-state index in [1.54, 1.807) is 27.7 Å². The number of hydrogen-bond acceptors (Lipinski definition) is 6. The highest BCUT2D eigenvalue weighted by atomic mass is 32.2. The number of thioether (sulfide) groups is 1. The molecule has 0 fully saturated rings. The van der Waals surface area contributed by atoms with Gasteiger partial charge in [-0.2, -0.15) is 5.10 Å². The fourth-order valence-electron chi connectivity index (χ4n) is 3.36. The van der Waals surface area contributed by atoms with Crippen molar-refractivity contribution in [1.82, 2.24) is 24.6 Å². The smallest absolute Gasteiger partial charge is 0.345 e. The second kappa shape index (κ2) is 9.41. The molecule has 1 N–H and O–H groups in total. The van der Waals surface area contributed by atoms with Crippen molar-refractivity contribution in [2.24, 2.45) is 0 Å². The SMILES string of the molecule is O=C(NCCCn1nc2n(c1=O)CCCC2)c1ccccc1SCc1cscn1. The molecule has 1 aliphatic heterocycles. The molecule has 4 rings (SSSR count). The first-order valence-corrected chi connectivity index (χ1v) is 11.7. The molecule has 7 nitrogen and oxygen atoms in total. The highest BCUT2D eigenvalue weighted by Crippen LogP contribution is 2.26. The minimum atomic E-state index is -0.0946. The summed E-state index contributed by atoms with van der Waals surface area (Å²) in [6, 6.07) is 7.61. The second-order valence-corrected chi connectivity index (χ2v) is 8.64. The number of benzene rings is 1. The van der Waals surface area contributed by atoms with Crippen molar-refractivity contribution in [3.8, 4) is 0 Å². The molecule has 0 bridgehead atoms. The molecule has 0 spiro atoms. The summed E-state index contributed by atoms with van der Waals surface area (Å²) in [5.41, 5.74) is 3.47. The highest BCUT2D eigenvalue weighted by molar-refractivity contribution is 7.98. The van der Waals surface area contributed by atoms with Gasteiger partial charge in [-0.05, 0) is 31.4 Å². The van der Waals surface area contributed by atoms with E-state index in [0.29, 0.717) is 25.1 Å². The third kappa shape index (κ3) is 4.79. The van der Waals surface area contributed by atoms with E-state index in [1.165, 1.54) is 4.68 Å². The third-order valence-electron chi connectivity index (χ3n) is 4.85. The van der Waals surface area contributed by atoms with Gasteiger partial charge in [0.2, 0.25) is 0 Å². The van der Waals surface area contributed by atoms with Crippen molar-refractivity contribution in [3.05, 3.63) is 62.7 Å². The zero-order chi connectivity index (χ0) is 20.1. The first-order valence-electron chi connectivity index (χ1n) is 9.76. The summed E-state index contributed by atoms with van der Waals surface area (Å²) < 4.78 is 3.31. The van der Waals surface area contributed by atoms with Gasteiger partial charge < -0.3 is 5.32 Å². The molecule has 0 saturated heterocycles. The van der Waals surface area contributed by atoms with Crippen LogP contribution in [0.15, 0.2) is 44.8 Å². The monoisotopic (exact) mass is 429 g/mol. The van der Waals surface area contributed by atoms with Crippen LogP contribution in [-0.4, -0.2) is 31.8 Å². The Morgan fingerprint density at radius 2 is 2.17 bits per heavy atom. The van der Waals surface area contributed by atoms with Crippen molar-refractivity contribution >= 4 is 29.0 Å². The van der Waals surface area contributed by atoms with Crippen LogP contribution < -0.4 is 11.0 Å². The van der Waals surface area contributed by atoms with Gasteiger partial charge in [0.15, 0.2) is 0 Å². The third-order valence-corrected chi connectivity index (χ3v) is 6.60. The normalized spacial score (nSPS) is 13.2. The summed E-state index contributed by atoms with van der Waals surface area (Å²) >= 11 is 3.18. The van der Waals surface area contributed by atoms with E-state index in [-0.39, 0.29) is 11.6 Å². The molecule has 29 heavy (non-hydrogen) atoms. The van der Waals surface area contributed by atoms with Crippen molar-refractivity contribution in [3.63, 3.8) is 0 Å². The number of aromatic nitrogens is 4. The fourth-order valence-corrected chi connectivity index (χ4v) is 4.98. The fraction of sp³-hybridized carbons (Fsp3) is 0.400. The lowest BCUT2D eigenvalue weighted by molar-refractivity contribution is 0.0949. The number of fused-ring (bicyclic) bond motifs is 1. The molecule has 2 aromatic heterocycles. The first-order chi connectivity index (χ1) is 14.2. The molecule has 3 aromatic rings. The van der Waals surface area contributed by atoms with Crippen molar-refractivity contribution in [1.29, 1.82) is 0 Å². The highest BCUT2D eigenvalue weighted by Gasteiger charge is 2.16. The van der Waals surface area contributed by atoms with Gasteiger partial charge in [0.25, 0.3) is 5.91 Å². The zero-order valence-corrected chi connectivity index (χ0v) is 17.7. The number of carbonyl (C=O) groups excluding carboxylic acids is 1. The molecule has 0 radical (unpaired) electrons. The lowest BCUT2D eigenvalue weighted by atomic mass is 10.2. The predicted octanol–water partition coefficient (Wildman–Crippen LogP) is 2.95. The number of amides is 1. The average molecular weight is 430 g/mol. The number of nitrogens with one attached hydrogen (secondary N) is 1. The van der Waals surface area contributed by atoms with Gasteiger partial charge in [0.05, 0.1) is 16.8 Å². The van der Waals surface area contributed by atoms with E-state index in [1.807, 2.05) is 35.2 Å². The van der Waals surface area contributed by atoms with Gasteiger partial charge in [-0.25, -0.2) is 14.5 Å². The van der Waals surface area contributed by atoms with Gasteiger partial charge in [-0.3, -0.25) is 9.36 Å². The van der Waals surface area contributed by atoms with Gasteiger partial charge >= 0.3 is 5.69 Å². The van der Waals surface area contributed by atoms with Gasteiger partial charge in [-0.1, -0.05) is 12.1 Å². The number of thiazole rings is 1. The van der Waals surface area contributed by atoms with Crippen molar-refractivity contribution in [2.75, 3.05) is 6.54 Å². The Hall–Kier alpha value is -2.39. The topological polar surface area (TPSA) is 81.8 Å². The number of carbonyl (C=O) groups is 1. The summed E-state index contributed by atoms with van der Waals surface area (Å²) in [7, 11) is 0. The van der Waals surface area contributed by atoms with Gasteiger partial charge in [0, 0.05) is 42.1 Å². The van der Waals surface area contributed by atoms with E-state index < -0.39 is 0 Å². The number of nitrogens with zero attached hydrogens (tertiary/aromatic N) is 4. The Morgan fingerprint density at radius 1 is 1.28 bits per heavy atom. The summed E-state index contributed by atoms with van der Waals surface area (Å²) in [6.07, 6.45) is 3.66. The molecule has 1 aromatic carbocycles. The van der Waals surface area contributed by atoms with E-state index in [2.05, 4.69) is 15.4 Å². The van der Waals surface area contributed by atoms with Gasteiger partial charge in [-0.15, -0.1) is 23.1 Å². The molecule has 3 heterocycles. The molecule has 0 atom stereocenters. The summed E-state index contributed by atoms with van der Waals surface area (Å²) in [5, 5.41) is 9.42. The lowest BCUT2D eigenvalue weighted by Crippen LogP contribution is -2.29. The van der Waals surface area contributed by atoms with E-state index in [0.717, 1.165) is 48.0 Å². The van der Waals surface area contributed by atoms with E-state index in [4.69, 9.17) is 0 Å². The average Bonchev–Trinajstić information content (AvgIpc) is 3.38. The van der Waals surface area contributed by atoms with Crippen LogP contribution in [0, 0.1) is 0 Å². The van der Waals surface area contributed by atoms with Crippen LogP contribution in [0.25, 0.3) is 0 Å². The van der Waals surface area contributed by atoms with Crippen LogP contribution >= 0.6 is 23.1 Å². The second-order valence-electron chi connectivity index (χ2n) is 6.90. The van der Waals surface area contributed by atoms with Crippen LogP contribution in [0.3, 0.4) is 0 Å². The zero-order valence-electron chi connectivity index (χ0n) is 16.0. The molecule has 1 aliphatic rings. The van der Waals surface area contributed by atoms with Crippen LogP contribution in [0.5, 0.6) is 0 Å². The molecule has 1 amide bonds. The minimum Gasteiger partial charge on any atom is -0.352 e. The van der Waals surface area contributed by atoms with Gasteiger partial charge in [0.1, 0.15) is 5.82 Å². The largest absolute Gasteiger partial charge is 0.352 e. The lowest BCUT2D eigenvalue weighted by Gasteiger charge is -2.09. The molecule has 9 heteroatoms. The Labute approximate surface area is 177 Å². The van der Waals surface area contributed by atoms with Crippen molar-refractivity contribution in [2.45, 2.75) is 49.4 Å². The molecular weight excluding hydrogens is 406 g/mol. The maximum absolute atomic E-state index is 12.6. The van der Waals surface area contributed by atoms with Crippen molar-refractivity contribution < 1.29 is 4.79 Å². The maximum atomic E-state index is 12.6. The van der Waals surface area contributed by atoms with Crippen LogP contribution in [0.1, 0.15) is 41.1 Å². The molecular formula is C20H23N5O2S2. The summed E-state index contributed by atoms with van der Waals surface area (Å²) in [4.78, 5) is 30.2. The predicted molar refractivity (Wildman–Crippen MR) is 114 cm³/mol. The molecule has 152 valence electrons. The minimum absolute atomic E-state index is 0.0326. The Morgan fingerprint density at radius 3 is 3.00 bits per heavy atom. The van der Waals surface area contributed by atoms with Crippen LogP contribution in [0.4, 0.5) is 0 Å². The number of hydrogen-bond donors (Lipinski definition) is 1. The standard InChI is InChI=1S/C20H23N5O2S2/c26-19(16-6-1-2-7-17(16)29-13-15-12-28-14-22-15)21-9-5-11-25-20(27)24-10-4-3-8-18(24)23-25/h1-2,6-7,12,14H,3-5,8-11,13H2,(H,21,26). The summed E-state index contributed by atoms with van der Waals surface area (Å²) in [6.45, 7) is 1.78. The number of rotatable bonds is 8. The Bertz CT molecular complexity index is 1030. The summed E-state index contributed by atoms with van der Waals surface area (Å²) in [5.74, 6) is 1.53. The van der Waals surface area contributed by atoms with E-state index in [9.17, 15) is 9.59 Å². The first kappa shape index (κ1) is 19.9. The molecule has 0 saturated carbocycles. The quantitative estimate of drug-likeness (QED) is 0.440. The van der Waals surface area contributed by atoms with E-state index >= 15 is 0 Å². The van der Waals surface area contributed by atoms with Crippen LogP contribution in [-0.2, 0) is 25.3 Å². The Balaban J connectivity index is 1.30. The number of aryl methyl sites for hydroxylation is 2. The molecule has 0 aliphatic carbocycles.